The van der Waals surface area contributed by atoms with E-state index in [1.807, 2.05) is 0 Å². The minimum Gasteiger partial charge on any atom is -0.371 e. The molecule has 1 aromatic carbocycles. The SMILES string of the molecule is O=C1COC[C@H]2C[C@]2(c2cc(Br)ccc2F)N1. The number of benzene rings is 1. The van der Waals surface area contributed by atoms with Crippen LogP contribution in [0.4, 0.5) is 4.39 Å². The number of amides is 1. The molecule has 0 aromatic heterocycles. The molecule has 0 bridgehead atoms. The van der Waals surface area contributed by atoms with E-state index in [9.17, 15) is 9.18 Å². The average molecular weight is 300 g/mol. The van der Waals surface area contributed by atoms with E-state index in [1.165, 1.54) is 6.07 Å². The van der Waals surface area contributed by atoms with Crippen molar-refractivity contribution in [2.24, 2.45) is 5.92 Å². The van der Waals surface area contributed by atoms with Gasteiger partial charge in [0.2, 0.25) is 5.91 Å². The first-order valence-electron chi connectivity index (χ1n) is 5.46. The average Bonchev–Trinajstić information content (AvgIpc) is 2.96. The summed E-state index contributed by atoms with van der Waals surface area (Å²) >= 11 is 3.33. The number of hydrogen-bond donors (Lipinski definition) is 1. The van der Waals surface area contributed by atoms with E-state index in [1.54, 1.807) is 12.1 Å². The van der Waals surface area contributed by atoms with Crippen LogP contribution in [0.5, 0.6) is 0 Å². The second kappa shape index (κ2) is 3.78. The predicted octanol–water partition coefficient (Wildman–Crippen LogP) is 1.95. The molecule has 2 atom stereocenters. The standard InChI is InChI=1S/C12H11BrFNO2/c13-8-1-2-10(14)9(3-8)12-4-7(12)5-17-6-11(16)15-12/h1-3,7H,4-6H2,(H,15,16)/t7-,12+/m1/s1. The van der Waals surface area contributed by atoms with Crippen molar-refractivity contribution in [3.8, 4) is 0 Å². The van der Waals surface area contributed by atoms with Gasteiger partial charge in [-0.15, -0.1) is 0 Å². The smallest absolute Gasteiger partial charge is 0.246 e. The van der Waals surface area contributed by atoms with Gasteiger partial charge in [-0.1, -0.05) is 15.9 Å². The van der Waals surface area contributed by atoms with Gasteiger partial charge in [0, 0.05) is 16.0 Å². The van der Waals surface area contributed by atoms with Gasteiger partial charge in [0.05, 0.1) is 12.1 Å². The van der Waals surface area contributed by atoms with E-state index in [0.717, 1.165) is 10.9 Å². The summed E-state index contributed by atoms with van der Waals surface area (Å²) in [4.78, 5) is 11.5. The van der Waals surface area contributed by atoms with Crippen molar-refractivity contribution < 1.29 is 13.9 Å². The summed E-state index contributed by atoms with van der Waals surface area (Å²) in [5, 5.41) is 2.89. The highest BCUT2D eigenvalue weighted by Crippen LogP contribution is 2.53. The summed E-state index contributed by atoms with van der Waals surface area (Å²) in [5.41, 5.74) is -0.00252. The zero-order valence-corrected chi connectivity index (χ0v) is 10.6. The monoisotopic (exact) mass is 299 g/mol. The number of fused-ring (bicyclic) bond motifs is 1. The molecule has 0 spiro atoms. The summed E-state index contributed by atoms with van der Waals surface area (Å²) in [6, 6.07) is 4.81. The van der Waals surface area contributed by atoms with Crippen LogP contribution in [0.15, 0.2) is 22.7 Å². The Morgan fingerprint density at radius 3 is 3.18 bits per heavy atom. The number of hydrogen-bond acceptors (Lipinski definition) is 2. The van der Waals surface area contributed by atoms with Crippen molar-refractivity contribution in [1.82, 2.24) is 5.32 Å². The van der Waals surface area contributed by atoms with E-state index in [4.69, 9.17) is 4.74 Å². The van der Waals surface area contributed by atoms with Crippen molar-refractivity contribution in [1.29, 1.82) is 0 Å². The molecule has 3 nitrogen and oxygen atoms in total. The number of nitrogens with one attached hydrogen (secondary N) is 1. The largest absolute Gasteiger partial charge is 0.371 e. The predicted molar refractivity (Wildman–Crippen MR) is 62.8 cm³/mol. The number of carbonyl (C=O) groups excluding carboxylic acids is 1. The van der Waals surface area contributed by atoms with E-state index >= 15 is 0 Å². The van der Waals surface area contributed by atoms with Gasteiger partial charge < -0.3 is 10.1 Å². The molecule has 5 heteroatoms. The van der Waals surface area contributed by atoms with E-state index in [2.05, 4.69) is 21.2 Å². The zero-order chi connectivity index (χ0) is 12.0. The molecule has 0 radical (unpaired) electrons. The summed E-state index contributed by atoms with van der Waals surface area (Å²) in [6.07, 6.45) is 0.742. The van der Waals surface area contributed by atoms with Gasteiger partial charge in [0.15, 0.2) is 0 Å². The number of rotatable bonds is 1. The fourth-order valence-corrected chi connectivity index (χ4v) is 2.86. The van der Waals surface area contributed by atoms with Crippen LogP contribution in [0, 0.1) is 11.7 Å². The molecule has 1 heterocycles. The lowest BCUT2D eigenvalue weighted by Crippen LogP contribution is -2.37. The highest BCUT2D eigenvalue weighted by Gasteiger charge is 2.58. The molecule has 2 aliphatic rings. The second-order valence-corrected chi connectivity index (χ2v) is 5.48. The minimum absolute atomic E-state index is 0.0634. The lowest BCUT2D eigenvalue weighted by Gasteiger charge is -2.18. The third kappa shape index (κ3) is 1.77. The first-order chi connectivity index (χ1) is 8.12. The lowest BCUT2D eigenvalue weighted by atomic mass is 10.0. The number of halogens is 2. The van der Waals surface area contributed by atoms with Crippen LogP contribution in [0.1, 0.15) is 12.0 Å². The minimum atomic E-state index is -0.554. The molecule has 1 aromatic rings. The van der Waals surface area contributed by atoms with Crippen LogP contribution in [0.3, 0.4) is 0 Å². The Bertz CT molecular complexity index is 493. The maximum Gasteiger partial charge on any atom is 0.246 e. The van der Waals surface area contributed by atoms with Crippen LogP contribution in [0.25, 0.3) is 0 Å². The first kappa shape index (κ1) is 11.2. The van der Waals surface area contributed by atoms with Gasteiger partial charge in [0.1, 0.15) is 12.4 Å². The lowest BCUT2D eigenvalue weighted by molar-refractivity contribution is -0.125. The topological polar surface area (TPSA) is 38.3 Å². The molecule has 0 unspecified atom stereocenters. The first-order valence-corrected chi connectivity index (χ1v) is 6.25. The molecule has 17 heavy (non-hydrogen) atoms. The van der Waals surface area contributed by atoms with Gasteiger partial charge in [-0.2, -0.15) is 0 Å². The molecule has 1 amide bonds. The van der Waals surface area contributed by atoms with Crippen molar-refractivity contribution in [2.45, 2.75) is 12.0 Å². The van der Waals surface area contributed by atoms with Crippen LogP contribution < -0.4 is 5.32 Å². The molecule has 1 saturated carbocycles. The van der Waals surface area contributed by atoms with Gasteiger partial charge in [0.25, 0.3) is 0 Å². The molecule has 3 rings (SSSR count). The molecular weight excluding hydrogens is 289 g/mol. The summed E-state index contributed by atoms with van der Waals surface area (Å²) < 4.78 is 19.9. The maximum atomic E-state index is 13.9. The molecule has 1 N–H and O–H groups in total. The molecule has 2 fully saturated rings. The summed E-state index contributed by atoms with van der Waals surface area (Å²) in [6.45, 7) is 0.568. The fraction of sp³-hybridized carbons (Fsp3) is 0.417. The maximum absolute atomic E-state index is 13.9. The van der Waals surface area contributed by atoms with E-state index in [0.29, 0.717) is 12.2 Å². The Kier molecular flexibility index (Phi) is 2.48. The molecule has 1 aliphatic heterocycles. The molecule has 90 valence electrons. The number of ether oxygens (including phenoxy) is 1. The Morgan fingerprint density at radius 1 is 1.53 bits per heavy atom. The molecule has 1 aliphatic carbocycles. The fourth-order valence-electron chi connectivity index (χ4n) is 2.50. The van der Waals surface area contributed by atoms with Crippen molar-refractivity contribution in [2.75, 3.05) is 13.2 Å². The normalized spacial score (nSPS) is 31.4. The van der Waals surface area contributed by atoms with E-state index in [-0.39, 0.29) is 24.2 Å². The third-order valence-corrected chi connectivity index (χ3v) is 3.92. The third-order valence-electron chi connectivity index (χ3n) is 3.43. The van der Waals surface area contributed by atoms with Crippen molar-refractivity contribution in [3.05, 3.63) is 34.1 Å². The summed E-state index contributed by atoms with van der Waals surface area (Å²) in [5.74, 6) is -0.278. The van der Waals surface area contributed by atoms with Crippen LogP contribution in [0.2, 0.25) is 0 Å². The van der Waals surface area contributed by atoms with Crippen LogP contribution >= 0.6 is 15.9 Å². The Labute approximate surface area is 106 Å². The van der Waals surface area contributed by atoms with Gasteiger partial charge in [-0.05, 0) is 24.6 Å². The Balaban J connectivity index is 2.03. The second-order valence-electron chi connectivity index (χ2n) is 4.56. The Hall–Kier alpha value is -0.940. The highest BCUT2D eigenvalue weighted by atomic mass is 79.9. The van der Waals surface area contributed by atoms with Gasteiger partial charge in [-0.25, -0.2) is 4.39 Å². The molecular formula is C12H11BrFNO2. The zero-order valence-electron chi connectivity index (χ0n) is 9.00. The van der Waals surface area contributed by atoms with Crippen molar-refractivity contribution in [3.63, 3.8) is 0 Å². The number of carbonyl (C=O) groups is 1. The quantitative estimate of drug-likeness (QED) is 0.861. The van der Waals surface area contributed by atoms with Crippen molar-refractivity contribution >= 4 is 21.8 Å². The van der Waals surface area contributed by atoms with Gasteiger partial charge in [-0.3, -0.25) is 4.79 Å². The van der Waals surface area contributed by atoms with Crippen LogP contribution in [-0.2, 0) is 15.1 Å². The van der Waals surface area contributed by atoms with E-state index < -0.39 is 5.54 Å². The Morgan fingerprint density at radius 2 is 2.35 bits per heavy atom. The van der Waals surface area contributed by atoms with Crippen LogP contribution in [-0.4, -0.2) is 19.1 Å². The highest BCUT2D eigenvalue weighted by molar-refractivity contribution is 9.10. The summed E-state index contributed by atoms with van der Waals surface area (Å²) in [7, 11) is 0. The van der Waals surface area contributed by atoms with Gasteiger partial charge >= 0.3 is 0 Å². The molecule has 1 saturated heterocycles.